The van der Waals surface area contributed by atoms with Crippen molar-refractivity contribution < 1.29 is 9.18 Å². The van der Waals surface area contributed by atoms with Crippen LogP contribution in [-0.2, 0) is 0 Å². The summed E-state index contributed by atoms with van der Waals surface area (Å²) in [6, 6.07) is 9.34. The Morgan fingerprint density at radius 1 is 1.30 bits per heavy atom. The van der Waals surface area contributed by atoms with E-state index in [9.17, 15) is 9.18 Å². The Hall–Kier alpha value is -2.30. The van der Waals surface area contributed by atoms with Gasteiger partial charge in [0.15, 0.2) is 0 Å². The maximum atomic E-state index is 14.1. The minimum atomic E-state index is -0.816. The summed E-state index contributed by atoms with van der Waals surface area (Å²) in [5.41, 5.74) is 9.21. The van der Waals surface area contributed by atoms with Gasteiger partial charge in [0.05, 0.1) is 11.6 Å². The second-order valence-corrected chi connectivity index (χ2v) is 6.18. The van der Waals surface area contributed by atoms with E-state index in [1.807, 2.05) is 31.2 Å². The molecule has 1 aromatic carbocycles. The Morgan fingerprint density at radius 3 is 2.74 bits per heavy atom. The quantitative estimate of drug-likeness (QED) is 0.803. The van der Waals surface area contributed by atoms with Crippen molar-refractivity contribution in [2.24, 2.45) is 5.73 Å². The van der Waals surface area contributed by atoms with Gasteiger partial charge in [0.25, 0.3) is 5.91 Å². The lowest BCUT2D eigenvalue weighted by molar-refractivity contribution is 0.1000. The van der Waals surface area contributed by atoms with Gasteiger partial charge in [-0.1, -0.05) is 31.0 Å². The molecule has 0 radical (unpaired) electrons. The van der Waals surface area contributed by atoms with E-state index < -0.39 is 12.1 Å². The molecule has 1 heterocycles. The molecule has 5 heteroatoms. The van der Waals surface area contributed by atoms with Crippen LogP contribution in [0.4, 0.5) is 10.1 Å². The molecular weight excluding hydrogens is 293 g/mol. The zero-order chi connectivity index (χ0) is 16.4. The third-order valence-corrected chi connectivity index (χ3v) is 4.52. The van der Waals surface area contributed by atoms with Crippen molar-refractivity contribution in [3.63, 3.8) is 0 Å². The summed E-state index contributed by atoms with van der Waals surface area (Å²) in [5, 5.41) is 3.34. The number of aromatic amines is 1. The van der Waals surface area contributed by atoms with Gasteiger partial charge in [-0.2, -0.15) is 0 Å². The molecule has 4 nitrogen and oxygen atoms in total. The van der Waals surface area contributed by atoms with Crippen LogP contribution in [0.1, 0.15) is 41.7 Å². The summed E-state index contributed by atoms with van der Waals surface area (Å²) in [6.45, 7) is 1.82. The van der Waals surface area contributed by atoms with E-state index in [1.54, 1.807) is 6.07 Å². The number of benzene rings is 1. The number of primary amides is 1. The smallest absolute Gasteiger partial charge is 0.250 e. The van der Waals surface area contributed by atoms with Crippen molar-refractivity contribution in [3.8, 4) is 11.3 Å². The van der Waals surface area contributed by atoms with Crippen LogP contribution in [0, 0.1) is 6.92 Å². The van der Waals surface area contributed by atoms with Crippen molar-refractivity contribution in [1.29, 1.82) is 0 Å². The summed E-state index contributed by atoms with van der Waals surface area (Å²) < 4.78 is 14.1. The van der Waals surface area contributed by atoms with Gasteiger partial charge in [-0.3, -0.25) is 4.79 Å². The fraction of sp³-hybridized carbons (Fsp3) is 0.389. The highest BCUT2D eigenvalue weighted by molar-refractivity contribution is 5.96. The number of hydrogen-bond acceptors (Lipinski definition) is 2. The SMILES string of the molecule is Cc1[nH]c(-c2ccccc2N[C@H]2CCCC[C@@H]2F)cc1C(N)=O. The van der Waals surface area contributed by atoms with Gasteiger partial charge in [0.1, 0.15) is 6.17 Å². The Kier molecular flexibility index (Phi) is 4.37. The molecule has 0 unspecified atom stereocenters. The molecule has 0 spiro atoms. The van der Waals surface area contributed by atoms with E-state index in [2.05, 4.69) is 10.3 Å². The minimum absolute atomic E-state index is 0.156. The summed E-state index contributed by atoms with van der Waals surface area (Å²) >= 11 is 0. The molecule has 122 valence electrons. The minimum Gasteiger partial charge on any atom is -0.379 e. The number of aromatic nitrogens is 1. The summed E-state index contributed by atoms with van der Waals surface area (Å²) in [4.78, 5) is 14.6. The van der Waals surface area contributed by atoms with Gasteiger partial charge in [0, 0.05) is 22.6 Å². The standard InChI is InChI=1S/C18H22FN3O/c1-11-13(18(20)23)10-17(21-11)12-6-2-4-8-15(12)22-16-9-5-3-7-14(16)19/h2,4,6,8,10,14,16,21-22H,3,5,7,9H2,1H3,(H2,20,23)/t14-,16-/m0/s1. The second-order valence-electron chi connectivity index (χ2n) is 6.18. The summed E-state index contributed by atoms with van der Waals surface area (Å²) in [5.74, 6) is -0.452. The number of anilines is 1. The normalized spacial score (nSPS) is 21.1. The highest BCUT2D eigenvalue weighted by Gasteiger charge is 2.25. The van der Waals surface area contributed by atoms with Crippen LogP contribution >= 0.6 is 0 Å². The number of H-pyrrole nitrogens is 1. The molecule has 23 heavy (non-hydrogen) atoms. The van der Waals surface area contributed by atoms with Crippen LogP contribution < -0.4 is 11.1 Å². The zero-order valence-corrected chi connectivity index (χ0v) is 13.2. The predicted octanol–water partition coefficient (Wildman–Crippen LogP) is 3.78. The van der Waals surface area contributed by atoms with Gasteiger partial charge in [-0.05, 0) is 31.9 Å². The molecule has 2 aromatic rings. The first kappa shape index (κ1) is 15.6. The van der Waals surface area contributed by atoms with Gasteiger partial charge in [-0.15, -0.1) is 0 Å². The Labute approximate surface area is 135 Å². The lowest BCUT2D eigenvalue weighted by Gasteiger charge is -2.28. The molecule has 1 amide bonds. The molecule has 0 aliphatic heterocycles. The lowest BCUT2D eigenvalue weighted by atomic mass is 9.93. The first-order valence-electron chi connectivity index (χ1n) is 8.05. The number of alkyl halides is 1. The van der Waals surface area contributed by atoms with E-state index >= 15 is 0 Å². The van der Waals surface area contributed by atoms with Crippen molar-refractivity contribution in [3.05, 3.63) is 41.6 Å². The van der Waals surface area contributed by atoms with Crippen molar-refractivity contribution in [2.75, 3.05) is 5.32 Å². The molecule has 1 aliphatic rings. The monoisotopic (exact) mass is 315 g/mol. The van der Waals surface area contributed by atoms with Gasteiger partial charge in [-0.25, -0.2) is 4.39 Å². The van der Waals surface area contributed by atoms with E-state index in [4.69, 9.17) is 5.73 Å². The topological polar surface area (TPSA) is 70.9 Å². The first-order chi connectivity index (χ1) is 11.1. The Balaban J connectivity index is 1.91. The lowest BCUT2D eigenvalue weighted by Crippen LogP contribution is -2.33. The van der Waals surface area contributed by atoms with Gasteiger partial charge in [0.2, 0.25) is 0 Å². The number of amides is 1. The van der Waals surface area contributed by atoms with Crippen molar-refractivity contribution >= 4 is 11.6 Å². The van der Waals surface area contributed by atoms with Gasteiger partial charge >= 0.3 is 0 Å². The number of rotatable bonds is 4. The van der Waals surface area contributed by atoms with Crippen molar-refractivity contribution in [2.45, 2.75) is 44.8 Å². The van der Waals surface area contributed by atoms with Crippen LogP contribution in [0.5, 0.6) is 0 Å². The number of para-hydroxylation sites is 1. The van der Waals surface area contributed by atoms with Crippen molar-refractivity contribution in [1.82, 2.24) is 4.98 Å². The van der Waals surface area contributed by atoms with E-state index in [0.717, 1.165) is 41.9 Å². The average molecular weight is 315 g/mol. The number of aryl methyl sites for hydroxylation is 1. The average Bonchev–Trinajstić information content (AvgIpc) is 2.92. The highest BCUT2D eigenvalue weighted by Crippen LogP contribution is 2.32. The third-order valence-electron chi connectivity index (χ3n) is 4.52. The molecule has 4 N–H and O–H groups in total. The number of carbonyl (C=O) groups is 1. The Morgan fingerprint density at radius 2 is 2.04 bits per heavy atom. The molecular formula is C18H22FN3O. The zero-order valence-electron chi connectivity index (χ0n) is 13.2. The molecule has 1 aromatic heterocycles. The Bertz CT molecular complexity index is 710. The summed E-state index contributed by atoms with van der Waals surface area (Å²) in [7, 11) is 0. The predicted molar refractivity (Wildman–Crippen MR) is 90.3 cm³/mol. The fourth-order valence-corrected chi connectivity index (χ4v) is 3.25. The molecule has 1 saturated carbocycles. The first-order valence-corrected chi connectivity index (χ1v) is 8.05. The van der Waals surface area contributed by atoms with Crippen LogP contribution in [0.3, 0.4) is 0 Å². The molecule has 0 saturated heterocycles. The van der Waals surface area contributed by atoms with E-state index in [1.165, 1.54) is 0 Å². The van der Waals surface area contributed by atoms with Crippen LogP contribution in [0.25, 0.3) is 11.3 Å². The number of nitrogens with two attached hydrogens (primary N) is 1. The maximum Gasteiger partial charge on any atom is 0.250 e. The van der Waals surface area contributed by atoms with Crippen LogP contribution in [0.2, 0.25) is 0 Å². The number of nitrogens with one attached hydrogen (secondary N) is 2. The number of carbonyl (C=O) groups excluding carboxylic acids is 1. The van der Waals surface area contributed by atoms with Crippen LogP contribution in [-0.4, -0.2) is 23.1 Å². The molecule has 2 atom stereocenters. The summed E-state index contributed by atoms with van der Waals surface area (Å²) in [6.07, 6.45) is 2.65. The van der Waals surface area contributed by atoms with E-state index in [-0.39, 0.29) is 6.04 Å². The van der Waals surface area contributed by atoms with Gasteiger partial charge < -0.3 is 16.0 Å². The second kappa shape index (κ2) is 6.44. The molecule has 0 bridgehead atoms. The van der Waals surface area contributed by atoms with E-state index in [0.29, 0.717) is 12.0 Å². The maximum absolute atomic E-state index is 14.1. The van der Waals surface area contributed by atoms with Crippen LogP contribution in [0.15, 0.2) is 30.3 Å². The fourth-order valence-electron chi connectivity index (χ4n) is 3.25. The largest absolute Gasteiger partial charge is 0.379 e. The molecule has 1 fully saturated rings. The molecule has 3 rings (SSSR count). The number of hydrogen-bond donors (Lipinski definition) is 3. The highest BCUT2D eigenvalue weighted by atomic mass is 19.1. The molecule has 1 aliphatic carbocycles. The number of halogens is 1. The third kappa shape index (κ3) is 3.23.